The van der Waals surface area contributed by atoms with E-state index in [1.807, 2.05) is 0 Å². The first-order valence-electron chi connectivity index (χ1n) is 6.83. The zero-order valence-electron chi connectivity index (χ0n) is 12.9. The second-order valence-corrected chi connectivity index (χ2v) is 5.27. The van der Waals surface area contributed by atoms with Gasteiger partial charge in [0.25, 0.3) is 5.69 Å². The van der Waals surface area contributed by atoms with E-state index in [1.54, 1.807) is 6.07 Å². The first kappa shape index (κ1) is 18.0. The molecule has 0 aliphatic carbocycles. The third-order valence-electron chi connectivity index (χ3n) is 3.26. The fraction of sp³-hybridized carbons (Fsp3) is 0.0588. The van der Waals surface area contributed by atoms with Crippen LogP contribution in [0.15, 0.2) is 42.0 Å². The van der Waals surface area contributed by atoms with E-state index in [4.69, 9.17) is 16.3 Å². The molecule has 126 valence electrons. The number of carbonyl (C=O) groups is 1. The molecule has 2 aromatic rings. The number of nitrogens with zero attached hydrogens (tertiary/aromatic N) is 2. The monoisotopic (exact) mass is 357 g/mol. The van der Waals surface area contributed by atoms with E-state index in [1.165, 1.54) is 37.4 Å². The SMILES string of the molecule is COc1cc(/C=C(\C#N)C(=O)c2ccc(Cl)cc2)cc([N+](=O)[O-])c1[O-]. The molecule has 0 saturated carbocycles. The second-order valence-electron chi connectivity index (χ2n) is 4.83. The third kappa shape index (κ3) is 3.94. The molecule has 0 fully saturated rings. The highest BCUT2D eigenvalue weighted by atomic mass is 35.5. The average molecular weight is 358 g/mol. The number of carbonyl (C=O) groups excluding carboxylic acids is 1. The van der Waals surface area contributed by atoms with Crippen LogP contribution in [0, 0.1) is 21.4 Å². The number of halogens is 1. The molecular weight excluding hydrogens is 348 g/mol. The lowest BCUT2D eigenvalue weighted by atomic mass is 10.0. The summed E-state index contributed by atoms with van der Waals surface area (Å²) in [6.07, 6.45) is 1.16. The van der Waals surface area contributed by atoms with Crippen LogP contribution in [0.3, 0.4) is 0 Å². The maximum Gasteiger partial charge on any atom is 0.266 e. The minimum Gasteiger partial charge on any atom is -0.865 e. The van der Waals surface area contributed by atoms with E-state index in [-0.39, 0.29) is 22.4 Å². The van der Waals surface area contributed by atoms with Gasteiger partial charge in [-0.05, 0) is 42.0 Å². The quantitative estimate of drug-likeness (QED) is 0.267. The van der Waals surface area contributed by atoms with Gasteiger partial charge in [0.15, 0.2) is 0 Å². The second kappa shape index (κ2) is 7.47. The molecule has 0 spiro atoms. The van der Waals surface area contributed by atoms with Crippen LogP contribution in [0.5, 0.6) is 11.5 Å². The van der Waals surface area contributed by atoms with E-state index in [0.717, 1.165) is 12.1 Å². The van der Waals surface area contributed by atoms with E-state index in [9.17, 15) is 25.3 Å². The number of benzene rings is 2. The zero-order valence-corrected chi connectivity index (χ0v) is 13.6. The van der Waals surface area contributed by atoms with Gasteiger partial charge in [0.1, 0.15) is 17.4 Å². The smallest absolute Gasteiger partial charge is 0.266 e. The van der Waals surface area contributed by atoms with Crippen molar-refractivity contribution in [1.29, 1.82) is 5.26 Å². The summed E-state index contributed by atoms with van der Waals surface area (Å²) in [4.78, 5) is 22.5. The molecular formula is C17H10ClN2O5-. The van der Waals surface area contributed by atoms with Crippen molar-refractivity contribution in [3.8, 4) is 17.6 Å². The first-order chi connectivity index (χ1) is 11.9. The van der Waals surface area contributed by atoms with Gasteiger partial charge in [0.05, 0.1) is 12.0 Å². The summed E-state index contributed by atoms with van der Waals surface area (Å²) in [6, 6.07) is 9.89. The number of nitro groups is 1. The van der Waals surface area contributed by atoms with Gasteiger partial charge in [-0.2, -0.15) is 5.26 Å². The Morgan fingerprint density at radius 1 is 1.32 bits per heavy atom. The van der Waals surface area contributed by atoms with Gasteiger partial charge in [0.2, 0.25) is 5.78 Å². The largest absolute Gasteiger partial charge is 0.865 e. The molecule has 0 aliphatic heterocycles. The van der Waals surface area contributed by atoms with Crippen LogP contribution in [-0.2, 0) is 0 Å². The minimum atomic E-state index is -0.882. The lowest BCUT2D eigenvalue weighted by molar-refractivity contribution is -0.398. The lowest BCUT2D eigenvalue weighted by Gasteiger charge is -2.13. The number of methoxy groups -OCH3 is 1. The predicted molar refractivity (Wildman–Crippen MR) is 88.5 cm³/mol. The number of ketones is 1. The molecule has 0 aliphatic rings. The number of nitro benzene ring substituents is 1. The maximum atomic E-state index is 12.4. The lowest BCUT2D eigenvalue weighted by Crippen LogP contribution is -2.03. The van der Waals surface area contributed by atoms with Crippen molar-refractivity contribution in [2.75, 3.05) is 7.11 Å². The number of hydrogen-bond acceptors (Lipinski definition) is 6. The summed E-state index contributed by atoms with van der Waals surface area (Å²) in [5.41, 5.74) is -0.597. The van der Waals surface area contributed by atoms with Gasteiger partial charge in [0, 0.05) is 22.4 Å². The van der Waals surface area contributed by atoms with Crippen LogP contribution in [0.2, 0.25) is 5.02 Å². The van der Waals surface area contributed by atoms with Gasteiger partial charge >= 0.3 is 0 Å². The normalized spacial score (nSPS) is 10.8. The number of hydrogen-bond donors (Lipinski definition) is 0. The Balaban J connectivity index is 2.51. The highest BCUT2D eigenvalue weighted by Gasteiger charge is 2.16. The van der Waals surface area contributed by atoms with E-state index in [0.29, 0.717) is 5.02 Å². The van der Waals surface area contributed by atoms with Gasteiger partial charge < -0.3 is 9.84 Å². The Morgan fingerprint density at radius 2 is 1.96 bits per heavy atom. The Labute approximate surface area is 147 Å². The fourth-order valence-corrected chi connectivity index (χ4v) is 2.18. The summed E-state index contributed by atoms with van der Waals surface area (Å²) in [7, 11) is 1.19. The summed E-state index contributed by atoms with van der Waals surface area (Å²) in [6.45, 7) is 0. The maximum absolute atomic E-state index is 12.4. The fourth-order valence-electron chi connectivity index (χ4n) is 2.05. The van der Waals surface area contributed by atoms with Crippen LogP contribution in [0.1, 0.15) is 15.9 Å². The first-order valence-corrected chi connectivity index (χ1v) is 7.20. The number of allylic oxidation sites excluding steroid dienone is 1. The molecule has 0 radical (unpaired) electrons. The van der Waals surface area contributed by atoms with Crippen molar-refractivity contribution in [2.45, 2.75) is 0 Å². The predicted octanol–water partition coefficient (Wildman–Crippen LogP) is 3.12. The summed E-state index contributed by atoms with van der Waals surface area (Å²) >= 11 is 5.76. The minimum absolute atomic E-state index is 0.127. The van der Waals surface area contributed by atoms with Crippen molar-refractivity contribution in [2.24, 2.45) is 0 Å². The third-order valence-corrected chi connectivity index (χ3v) is 3.51. The molecule has 0 N–H and O–H groups in total. The number of rotatable bonds is 5. The molecule has 2 rings (SSSR count). The number of ether oxygens (including phenoxy) is 1. The van der Waals surface area contributed by atoms with Gasteiger partial charge in [-0.15, -0.1) is 0 Å². The molecule has 0 saturated heterocycles. The molecule has 25 heavy (non-hydrogen) atoms. The van der Waals surface area contributed by atoms with Crippen molar-refractivity contribution in [3.05, 3.63) is 68.2 Å². The van der Waals surface area contributed by atoms with Gasteiger partial charge in [-0.25, -0.2) is 0 Å². The Kier molecular flexibility index (Phi) is 5.37. The molecule has 0 unspecified atom stereocenters. The number of Topliss-reactive ketones (excluding diaryl/α,β-unsaturated/α-hetero) is 1. The van der Waals surface area contributed by atoms with E-state index < -0.39 is 22.1 Å². The molecule has 7 nitrogen and oxygen atoms in total. The zero-order chi connectivity index (χ0) is 18.6. The average Bonchev–Trinajstić information content (AvgIpc) is 2.60. The summed E-state index contributed by atoms with van der Waals surface area (Å²) in [5, 5.41) is 32.5. The highest BCUT2D eigenvalue weighted by molar-refractivity contribution is 6.30. The molecule has 0 heterocycles. The van der Waals surface area contributed by atoms with Gasteiger partial charge in [-0.1, -0.05) is 11.6 Å². The van der Waals surface area contributed by atoms with Crippen LogP contribution in [-0.4, -0.2) is 17.8 Å². The Hall–Kier alpha value is -3.37. The van der Waals surface area contributed by atoms with Crippen LogP contribution >= 0.6 is 11.6 Å². The van der Waals surface area contributed by atoms with Crippen molar-refractivity contribution in [1.82, 2.24) is 0 Å². The topological polar surface area (TPSA) is 116 Å². The van der Waals surface area contributed by atoms with Crippen LogP contribution < -0.4 is 9.84 Å². The molecule has 0 atom stereocenters. The molecule has 2 aromatic carbocycles. The number of nitriles is 1. The van der Waals surface area contributed by atoms with Gasteiger partial charge in [-0.3, -0.25) is 14.9 Å². The van der Waals surface area contributed by atoms with Crippen molar-refractivity contribution in [3.63, 3.8) is 0 Å². The van der Waals surface area contributed by atoms with E-state index in [2.05, 4.69) is 0 Å². The molecule has 0 bridgehead atoms. The molecule has 0 amide bonds. The van der Waals surface area contributed by atoms with Crippen LogP contribution in [0.4, 0.5) is 5.69 Å². The highest BCUT2D eigenvalue weighted by Crippen LogP contribution is 2.35. The Bertz CT molecular complexity index is 914. The van der Waals surface area contributed by atoms with Crippen LogP contribution in [0.25, 0.3) is 6.08 Å². The molecule has 8 heteroatoms. The molecule has 0 aromatic heterocycles. The van der Waals surface area contributed by atoms with Crippen molar-refractivity contribution < 1.29 is 19.6 Å². The van der Waals surface area contributed by atoms with E-state index >= 15 is 0 Å². The summed E-state index contributed by atoms with van der Waals surface area (Å²) in [5.74, 6) is -1.71. The Morgan fingerprint density at radius 3 is 2.48 bits per heavy atom. The summed E-state index contributed by atoms with van der Waals surface area (Å²) < 4.78 is 4.82. The standard InChI is InChI=1S/C17H11ClN2O5/c1-25-15-8-10(7-14(17(15)22)20(23)24)6-12(9-19)16(21)11-2-4-13(18)5-3-11/h2-8,22H,1H3/p-1/b12-6+. The van der Waals surface area contributed by atoms with Crippen molar-refractivity contribution >= 4 is 29.1 Å².